The lowest BCUT2D eigenvalue weighted by Gasteiger charge is -2.35. The molecule has 1 aliphatic rings. The molecule has 1 fully saturated rings. The Bertz CT molecular complexity index is 743. The number of hydrogen-bond donors (Lipinski definition) is 1. The molecular weight excluding hydrogens is 340 g/mol. The number of rotatable bonds is 6. The average Bonchev–Trinajstić information content (AvgIpc) is 2.69. The first-order chi connectivity index (χ1) is 13.1. The first-order valence-corrected chi connectivity index (χ1v) is 9.33. The number of piperazine rings is 1. The number of amides is 2. The van der Waals surface area contributed by atoms with Gasteiger partial charge in [-0.05, 0) is 23.3 Å². The van der Waals surface area contributed by atoms with Crippen LogP contribution in [0.3, 0.4) is 0 Å². The van der Waals surface area contributed by atoms with Crippen LogP contribution in [0.4, 0.5) is 0 Å². The second kappa shape index (κ2) is 9.28. The van der Waals surface area contributed by atoms with Crippen molar-refractivity contribution < 1.29 is 9.59 Å². The molecule has 1 aliphatic heterocycles. The molecule has 2 amide bonds. The van der Waals surface area contributed by atoms with Crippen LogP contribution in [0, 0.1) is 0 Å². The van der Waals surface area contributed by atoms with Crippen molar-refractivity contribution in [2.24, 2.45) is 0 Å². The fourth-order valence-electron chi connectivity index (χ4n) is 3.39. The molecule has 0 saturated carbocycles. The van der Waals surface area contributed by atoms with E-state index in [1.54, 1.807) is 12.4 Å². The molecule has 6 heteroatoms. The summed E-state index contributed by atoms with van der Waals surface area (Å²) in [4.78, 5) is 32.6. The summed E-state index contributed by atoms with van der Waals surface area (Å²) in [7, 11) is 0. The molecule has 0 spiro atoms. The third-order valence-electron chi connectivity index (χ3n) is 4.84. The number of aromatic nitrogens is 1. The Kier molecular flexibility index (Phi) is 6.54. The monoisotopic (exact) mass is 366 g/mol. The van der Waals surface area contributed by atoms with E-state index >= 15 is 0 Å². The van der Waals surface area contributed by atoms with Crippen LogP contribution in [0.2, 0.25) is 0 Å². The van der Waals surface area contributed by atoms with E-state index in [1.165, 1.54) is 12.5 Å². The Morgan fingerprint density at radius 3 is 2.33 bits per heavy atom. The Balaban J connectivity index is 1.54. The van der Waals surface area contributed by atoms with Gasteiger partial charge < -0.3 is 10.2 Å². The summed E-state index contributed by atoms with van der Waals surface area (Å²) in [5.41, 5.74) is 2.19. The summed E-state index contributed by atoms with van der Waals surface area (Å²) in [6.07, 6.45) is 3.90. The van der Waals surface area contributed by atoms with Crippen molar-refractivity contribution >= 4 is 11.8 Å². The molecule has 0 aliphatic carbocycles. The van der Waals surface area contributed by atoms with Crippen LogP contribution in [0.5, 0.6) is 0 Å². The molecule has 1 N–H and O–H groups in total. The van der Waals surface area contributed by atoms with Crippen molar-refractivity contribution in [1.82, 2.24) is 20.1 Å². The Hall–Kier alpha value is -2.73. The SMILES string of the molecule is CC(=O)N[C@H](CC(=O)N1CCN(Cc2ccncc2)CC1)c1ccccc1. The predicted octanol–water partition coefficient (Wildman–Crippen LogP) is 1.99. The van der Waals surface area contributed by atoms with Crippen molar-refractivity contribution in [3.8, 4) is 0 Å². The van der Waals surface area contributed by atoms with E-state index in [-0.39, 0.29) is 24.3 Å². The normalized spacial score (nSPS) is 16.0. The molecule has 1 aromatic carbocycles. The standard InChI is InChI=1S/C21H26N4O2/c1-17(26)23-20(19-5-3-2-4-6-19)15-21(27)25-13-11-24(12-14-25)16-18-7-9-22-10-8-18/h2-10,20H,11-16H2,1H3,(H,23,26)/t20-/m1/s1. The third-order valence-corrected chi connectivity index (χ3v) is 4.84. The van der Waals surface area contributed by atoms with Gasteiger partial charge in [-0.3, -0.25) is 19.5 Å². The van der Waals surface area contributed by atoms with Crippen molar-refractivity contribution in [2.75, 3.05) is 26.2 Å². The van der Waals surface area contributed by atoms with Gasteiger partial charge in [-0.25, -0.2) is 0 Å². The van der Waals surface area contributed by atoms with Crippen LogP contribution in [-0.4, -0.2) is 52.8 Å². The molecule has 2 heterocycles. The number of carbonyl (C=O) groups is 2. The van der Waals surface area contributed by atoms with Crippen molar-refractivity contribution in [3.05, 3.63) is 66.0 Å². The summed E-state index contributed by atoms with van der Waals surface area (Å²) < 4.78 is 0. The molecule has 142 valence electrons. The zero-order valence-electron chi connectivity index (χ0n) is 15.7. The number of hydrogen-bond acceptors (Lipinski definition) is 4. The number of benzene rings is 1. The van der Waals surface area contributed by atoms with E-state index in [9.17, 15) is 9.59 Å². The van der Waals surface area contributed by atoms with E-state index in [1.807, 2.05) is 47.4 Å². The fraction of sp³-hybridized carbons (Fsp3) is 0.381. The van der Waals surface area contributed by atoms with Gasteiger partial charge in [0, 0.05) is 52.0 Å². The third kappa shape index (κ3) is 5.62. The molecule has 6 nitrogen and oxygen atoms in total. The maximum absolute atomic E-state index is 12.8. The minimum Gasteiger partial charge on any atom is -0.349 e. The quantitative estimate of drug-likeness (QED) is 0.849. The van der Waals surface area contributed by atoms with Gasteiger partial charge in [0.25, 0.3) is 0 Å². The topological polar surface area (TPSA) is 65.5 Å². The van der Waals surface area contributed by atoms with Gasteiger partial charge in [0.15, 0.2) is 0 Å². The first kappa shape index (κ1) is 19.0. The highest BCUT2D eigenvalue weighted by Gasteiger charge is 2.24. The summed E-state index contributed by atoms with van der Waals surface area (Å²) in [6.45, 7) is 5.49. The second-order valence-corrected chi connectivity index (χ2v) is 6.88. The molecule has 3 rings (SSSR count). The molecule has 0 radical (unpaired) electrons. The van der Waals surface area contributed by atoms with Gasteiger partial charge in [-0.2, -0.15) is 0 Å². The molecule has 1 atom stereocenters. The highest BCUT2D eigenvalue weighted by Crippen LogP contribution is 2.19. The van der Waals surface area contributed by atoms with Gasteiger partial charge in [0.2, 0.25) is 11.8 Å². The number of pyridine rings is 1. The minimum atomic E-state index is -0.286. The van der Waals surface area contributed by atoms with Gasteiger partial charge in [-0.15, -0.1) is 0 Å². The Labute approximate surface area is 160 Å². The largest absolute Gasteiger partial charge is 0.349 e. The minimum absolute atomic E-state index is 0.0844. The molecule has 27 heavy (non-hydrogen) atoms. The number of nitrogens with one attached hydrogen (secondary N) is 1. The average molecular weight is 366 g/mol. The summed E-state index contributed by atoms with van der Waals surface area (Å²) in [5, 5.41) is 2.90. The van der Waals surface area contributed by atoms with E-state index in [0.29, 0.717) is 13.1 Å². The first-order valence-electron chi connectivity index (χ1n) is 9.33. The molecule has 0 unspecified atom stereocenters. The summed E-state index contributed by atoms with van der Waals surface area (Å²) in [6, 6.07) is 13.4. The maximum atomic E-state index is 12.8. The fourth-order valence-corrected chi connectivity index (χ4v) is 3.39. The molecule has 1 aromatic heterocycles. The van der Waals surface area contributed by atoms with E-state index in [4.69, 9.17) is 0 Å². The summed E-state index contributed by atoms with van der Waals surface area (Å²) in [5.74, 6) is -0.0417. The zero-order chi connectivity index (χ0) is 19.1. The van der Waals surface area contributed by atoms with Gasteiger partial charge >= 0.3 is 0 Å². The van der Waals surface area contributed by atoms with Crippen LogP contribution in [0.15, 0.2) is 54.9 Å². The summed E-state index contributed by atoms with van der Waals surface area (Å²) >= 11 is 0. The van der Waals surface area contributed by atoms with Gasteiger partial charge in [0.05, 0.1) is 12.5 Å². The zero-order valence-corrected chi connectivity index (χ0v) is 15.7. The van der Waals surface area contributed by atoms with Crippen LogP contribution in [-0.2, 0) is 16.1 Å². The molecule has 0 bridgehead atoms. The van der Waals surface area contributed by atoms with Crippen molar-refractivity contribution in [2.45, 2.75) is 25.9 Å². The van der Waals surface area contributed by atoms with E-state index in [0.717, 1.165) is 25.2 Å². The van der Waals surface area contributed by atoms with E-state index in [2.05, 4.69) is 15.2 Å². The lowest BCUT2D eigenvalue weighted by Crippen LogP contribution is -2.49. The van der Waals surface area contributed by atoms with Crippen LogP contribution < -0.4 is 5.32 Å². The highest BCUT2D eigenvalue weighted by molar-refractivity contribution is 5.79. The lowest BCUT2D eigenvalue weighted by atomic mass is 10.0. The van der Waals surface area contributed by atoms with Crippen LogP contribution >= 0.6 is 0 Å². The van der Waals surface area contributed by atoms with E-state index < -0.39 is 0 Å². The Morgan fingerprint density at radius 1 is 1.04 bits per heavy atom. The van der Waals surface area contributed by atoms with Crippen molar-refractivity contribution in [3.63, 3.8) is 0 Å². The highest BCUT2D eigenvalue weighted by atomic mass is 16.2. The molecule has 2 aromatic rings. The van der Waals surface area contributed by atoms with Crippen LogP contribution in [0.25, 0.3) is 0 Å². The van der Waals surface area contributed by atoms with Gasteiger partial charge in [-0.1, -0.05) is 30.3 Å². The second-order valence-electron chi connectivity index (χ2n) is 6.88. The number of carbonyl (C=O) groups excluding carboxylic acids is 2. The van der Waals surface area contributed by atoms with Crippen molar-refractivity contribution in [1.29, 1.82) is 0 Å². The van der Waals surface area contributed by atoms with Gasteiger partial charge in [0.1, 0.15) is 0 Å². The number of nitrogens with zero attached hydrogens (tertiary/aromatic N) is 3. The Morgan fingerprint density at radius 2 is 1.70 bits per heavy atom. The predicted molar refractivity (Wildman–Crippen MR) is 104 cm³/mol. The maximum Gasteiger partial charge on any atom is 0.225 e. The lowest BCUT2D eigenvalue weighted by molar-refractivity contribution is -0.133. The van der Waals surface area contributed by atoms with Crippen LogP contribution in [0.1, 0.15) is 30.5 Å². The molecule has 1 saturated heterocycles. The molecular formula is C21H26N4O2. The smallest absolute Gasteiger partial charge is 0.225 e.